The molecule has 142 valence electrons. The second kappa shape index (κ2) is 7.05. The highest BCUT2D eigenvalue weighted by Gasteiger charge is 2.45. The summed E-state index contributed by atoms with van der Waals surface area (Å²) in [5.74, 6) is -0.396. The first-order valence-electron chi connectivity index (χ1n) is 8.65. The van der Waals surface area contributed by atoms with Crippen molar-refractivity contribution in [1.82, 2.24) is 9.62 Å². The topological polar surface area (TPSA) is 66.5 Å². The molecule has 0 saturated carbocycles. The molecule has 27 heavy (non-hydrogen) atoms. The minimum atomic E-state index is -3.99. The van der Waals surface area contributed by atoms with E-state index in [9.17, 15) is 13.2 Å². The average molecular weight is 403 g/mol. The van der Waals surface area contributed by atoms with Gasteiger partial charge < -0.3 is 5.32 Å². The maximum Gasteiger partial charge on any atom is 0.267 e. The number of thiocarbonyl (C=S) groups is 1. The number of nitrogens with one attached hydrogen (secondary N) is 1. The Bertz CT molecular complexity index is 1000. The Hall–Kier alpha value is -2.25. The van der Waals surface area contributed by atoms with Crippen molar-refractivity contribution in [2.24, 2.45) is 0 Å². The summed E-state index contributed by atoms with van der Waals surface area (Å²) in [6, 6.07) is 10.4. The second-order valence-corrected chi connectivity index (χ2v) is 9.03. The van der Waals surface area contributed by atoms with E-state index in [2.05, 4.69) is 5.32 Å². The first kappa shape index (κ1) is 19.5. The van der Waals surface area contributed by atoms with E-state index >= 15 is 0 Å². The molecular weight excluding hydrogens is 380 g/mol. The van der Waals surface area contributed by atoms with E-state index < -0.39 is 22.0 Å². The standard InChI is InChI=1S/C20H22N2O3S2/c1-12-10-13(2)15(4)18(14(12)3)27(24,25)22-17(19(23)21-20(22)26)11-16-8-6-5-7-9-16/h5-10,17H,11H2,1-4H3,(H,21,23,26)/t17-/m0/s1. The Kier molecular flexibility index (Phi) is 5.10. The zero-order chi connectivity index (χ0) is 19.9. The highest BCUT2D eigenvalue weighted by Crippen LogP contribution is 2.31. The highest BCUT2D eigenvalue weighted by atomic mass is 32.2. The van der Waals surface area contributed by atoms with Gasteiger partial charge in [-0.25, -0.2) is 12.7 Å². The number of carbonyl (C=O) groups excluding carboxylic acids is 1. The minimum Gasteiger partial charge on any atom is -0.300 e. The third-order valence-corrected chi connectivity index (χ3v) is 7.60. The quantitative estimate of drug-likeness (QED) is 0.799. The van der Waals surface area contributed by atoms with Gasteiger partial charge in [-0.15, -0.1) is 0 Å². The molecule has 1 aliphatic rings. The van der Waals surface area contributed by atoms with Crippen molar-refractivity contribution in [3.8, 4) is 0 Å². The highest BCUT2D eigenvalue weighted by molar-refractivity contribution is 7.91. The van der Waals surface area contributed by atoms with Crippen LogP contribution < -0.4 is 5.32 Å². The van der Waals surface area contributed by atoms with Crippen molar-refractivity contribution in [2.75, 3.05) is 0 Å². The van der Waals surface area contributed by atoms with Crippen molar-refractivity contribution in [2.45, 2.75) is 45.1 Å². The van der Waals surface area contributed by atoms with Gasteiger partial charge in [-0.2, -0.15) is 0 Å². The van der Waals surface area contributed by atoms with Gasteiger partial charge in [-0.3, -0.25) is 4.79 Å². The second-order valence-electron chi connectivity index (χ2n) is 6.89. The Morgan fingerprint density at radius 1 is 1.04 bits per heavy atom. The van der Waals surface area contributed by atoms with E-state index in [1.165, 1.54) is 0 Å². The molecule has 7 heteroatoms. The largest absolute Gasteiger partial charge is 0.300 e. The molecule has 1 aliphatic heterocycles. The first-order valence-corrected chi connectivity index (χ1v) is 10.5. The van der Waals surface area contributed by atoms with Crippen LogP contribution in [0.5, 0.6) is 0 Å². The Balaban J connectivity index is 2.12. The van der Waals surface area contributed by atoms with E-state index in [-0.39, 0.29) is 16.4 Å². The molecule has 1 atom stereocenters. The normalized spacial score (nSPS) is 17.3. The van der Waals surface area contributed by atoms with Crippen LogP contribution in [-0.2, 0) is 21.2 Å². The number of benzene rings is 2. The molecule has 5 nitrogen and oxygen atoms in total. The third kappa shape index (κ3) is 3.37. The van der Waals surface area contributed by atoms with Gasteiger partial charge in [0.25, 0.3) is 15.9 Å². The van der Waals surface area contributed by atoms with Gasteiger partial charge in [0, 0.05) is 6.42 Å². The van der Waals surface area contributed by atoms with Gasteiger partial charge in [0.15, 0.2) is 5.11 Å². The zero-order valence-electron chi connectivity index (χ0n) is 15.7. The van der Waals surface area contributed by atoms with E-state index in [1.807, 2.05) is 50.2 Å². The molecule has 2 aromatic carbocycles. The van der Waals surface area contributed by atoms with Crippen LogP contribution in [0.15, 0.2) is 41.3 Å². The molecule has 0 bridgehead atoms. The average Bonchev–Trinajstić information content (AvgIpc) is 2.88. The summed E-state index contributed by atoms with van der Waals surface area (Å²) in [5, 5.41) is 2.45. The molecule has 0 radical (unpaired) electrons. The number of amides is 1. The van der Waals surface area contributed by atoms with Crippen LogP contribution in [0.1, 0.15) is 27.8 Å². The molecule has 0 spiro atoms. The zero-order valence-corrected chi connectivity index (χ0v) is 17.4. The van der Waals surface area contributed by atoms with Crippen molar-refractivity contribution >= 4 is 33.3 Å². The van der Waals surface area contributed by atoms with Gasteiger partial charge in [0.2, 0.25) is 0 Å². The van der Waals surface area contributed by atoms with Gasteiger partial charge in [-0.1, -0.05) is 36.4 Å². The van der Waals surface area contributed by atoms with E-state index in [1.54, 1.807) is 13.8 Å². The van der Waals surface area contributed by atoms with Crippen molar-refractivity contribution in [3.63, 3.8) is 0 Å². The van der Waals surface area contributed by atoms with Crippen LogP contribution >= 0.6 is 12.2 Å². The molecule has 0 unspecified atom stereocenters. The maximum absolute atomic E-state index is 13.6. The monoisotopic (exact) mass is 402 g/mol. The lowest BCUT2D eigenvalue weighted by molar-refractivity contribution is -0.120. The Morgan fingerprint density at radius 2 is 1.59 bits per heavy atom. The third-order valence-electron chi connectivity index (χ3n) is 5.10. The molecule has 1 N–H and O–H groups in total. The minimum absolute atomic E-state index is 0.0705. The van der Waals surface area contributed by atoms with E-state index in [0.717, 1.165) is 21.0 Å². The number of hydrogen-bond donors (Lipinski definition) is 1. The van der Waals surface area contributed by atoms with Gasteiger partial charge >= 0.3 is 0 Å². The molecule has 1 fully saturated rings. The number of carbonyl (C=O) groups is 1. The summed E-state index contributed by atoms with van der Waals surface area (Å²) < 4.78 is 28.2. The molecule has 1 amide bonds. The summed E-state index contributed by atoms with van der Waals surface area (Å²) in [6.07, 6.45) is 0.259. The number of nitrogens with zero attached hydrogens (tertiary/aromatic N) is 1. The van der Waals surface area contributed by atoms with Crippen molar-refractivity contribution in [3.05, 3.63) is 64.2 Å². The van der Waals surface area contributed by atoms with Crippen LogP contribution in [0.2, 0.25) is 0 Å². The predicted molar refractivity (Wildman–Crippen MR) is 109 cm³/mol. The van der Waals surface area contributed by atoms with Gasteiger partial charge in [-0.05, 0) is 67.7 Å². The lowest BCUT2D eigenvalue weighted by Crippen LogP contribution is -2.42. The van der Waals surface area contributed by atoms with Crippen molar-refractivity contribution < 1.29 is 13.2 Å². The summed E-state index contributed by atoms with van der Waals surface area (Å²) >= 11 is 5.23. The fourth-order valence-electron chi connectivity index (χ4n) is 3.45. The summed E-state index contributed by atoms with van der Waals surface area (Å²) in [6.45, 7) is 7.34. The number of hydrogen-bond acceptors (Lipinski definition) is 4. The summed E-state index contributed by atoms with van der Waals surface area (Å²) in [5.41, 5.74) is 4.01. The molecule has 0 aliphatic carbocycles. The van der Waals surface area contributed by atoms with Gasteiger partial charge in [0.1, 0.15) is 6.04 Å². The summed E-state index contributed by atoms with van der Waals surface area (Å²) in [4.78, 5) is 12.7. The number of rotatable bonds is 4. The molecule has 3 rings (SSSR count). The van der Waals surface area contributed by atoms with Crippen LogP contribution in [0.25, 0.3) is 0 Å². The van der Waals surface area contributed by atoms with Crippen LogP contribution in [0, 0.1) is 27.7 Å². The van der Waals surface area contributed by atoms with E-state index in [0.29, 0.717) is 11.1 Å². The van der Waals surface area contributed by atoms with E-state index in [4.69, 9.17) is 12.2 Å². The smallest absolute Gasteiger partial charge is 0.267 e. The molecule has 0 aromatic heterocycles. The Labute approximate surface area is 165 Å². The molecule has 2 aromatic rings. The number of sulfonamides is 1. The first-order chi connectivity index (χ1) is 12.6. The number of aryl methyl sites for hydroxylation is 2. The maximum atomic E-state index is 13.6. The van der Waals surface area contributed by atoms with Crippen molar-refractivity contribution in [1.29, 1.82) is 0 Å². The molecular formula is C20H22N2O3S2. The fourth-order valence-corrected chi connectivity index (χ4v) is 6.03. The summed E-state index contributed by atoms with van der Waals surface area (Å²) in [7, 11) is -3.99. The molecule has 1 heterocycles. The Morgan fingerprint density at radius 3 is 2.15 bits per heavy atom. The lowest BCUT2D eigenvalue weighted by Gasteiger charge is -2.26. The molecule has 1 saturated heterocycles. The lowest BCUT2D eigenvalue weighted by atomic mass is 10.0. The van der Waals surface area contributed by atoms with Crippen LogP contribution in [0.4, 0.5) is 0 Å². The van der Waals surface area contributed by atoms with Gasteiger partial charge in [0.05, 0.1) is 4.90 Å². The van der Waals surface area contributed by atoms with Crippen LogP contribution in [-0.4, -0.2) is 29.8 Å². The fraction of sp³-hybridized carbons (Fsp3) is 0.300. The SMILES string of the molecule is Cc1cc(C)c(C)c(S(=O)(=O)N2C(=S)NC(=O)[C@@H]2Cc2ccccc2)c1C. The predicted octanol–water partition coefficient (Wildman–Crippen LogP) is 2.94. The van der Waals surface area contributed by atoms with Crippen LogP contribution in [0.3, 0.4) is 0 Å².